The molecule has 1 aliphatic carbocycles. The summed E-state index contributed by atoms with van der Waals surface area (Å²) in [5.74, 6) is 0.758. The third-order valence-corrected chi connectivity index (χ3v) is 6.05. The van der Waals surface area contributed by atoms with Gasteiger partial charge in [-0.25, -0.2) is 0 Å². The van der Waals surface area contributed by atoms with Crippen LogP contribution >= 0.6 is 27.5 Å². The minimum atomic E-state index is 0.577. The quantitative estimate of drug-likeness (QED) is 0.538. The second kappa shape index (κ2) is 6.37. The van der Waals surface area contributed by atoms with Crippen LogP contribution in [0, 0.1) is 5.41 Å². The van der Waals surface area contributed by atoms with Gasteiger partial charge < -0.3 is 0 Å². The van der Waals surface area contributed by atoms with Crippen LogP contribution in [0.1, 0.15) is 55.7 Å². The van der Waals surface area contributed by atoms with Gasteiger partial charge in [0.05, 0.1) is 0 Å². The highest BCUT2D eigenvalue weighted by molar-refractivity contribution is 9.10. The summed E-state index contributed by atoms with van der Waals surface area (Å²) in [6.07, 6.45) is 4.85. The monoisotopic (exact) mass is 376 g/mol. The van der Waals surface area contributed by atoms with Gasteiger partial charge in [-0.2, -0.15) is 0 Å². The molecule has 0 radical (unpaired) electrons. The largest absolute Gasteiger partial charge is 0.0840 e. The van der Waals surface area contributed by atoms with Crippen molar-refractivity contribution in [2.45, 2.75) is 45.4 Å². The van der Waals surface area contributed by atoms with Crippen molar-refractivity contribution in [2.24, 2.45) is 5.41 Å². The van der Waals surface area contributed by atoms with Gasteiger partial charge in [0, 0.05) is 9.50 Å². The fraction of sp³-hybridized carbons (Fsp3) is 0.400. The van der Waals surface area contributed by atoms with Crippen LogP contribution < -0.4 is 0 Å². The average molecular weight is 378 g/mol. The molecule has 0 N–H and O–H groups in total. The smallest absolute Gasteiger partial charge is 0.0442 e. The van der Waals surface area contributed by atoms with Gasteiger partial charge in [0.2, 0.25) is 0 Å². The minimum Gasteiger partial charge on any atom is -0.0840 e. The minimum absolute atomic E-state index is 0.577. The molecule has 0 heterocycles. The molecule has 1 saturated carbocycles. The lowest BCUT2D eigenvalue weighted by atomic mass is 9.60. The van der Waals surface area contributed by atoms with Crippen LogP contribution in [-0.4, -0.2) is 0 Å². The zero-order valence-corrected chi connectivity index (χ0v) is 15.5. The van der Waals surface area contributed by atoms with E-state index in [0.717, 1.165) is 21.8 Å². The Kier molecular flexibility index (Phi) is 4.66. The van der Waals surface area contributed by atoms with Gasteiger partial charge >= 0.3 is 0 Å². The van der Waals surface area contributed by atoms with Crippen LogP contribution in [0.4, 0.5) is 0 Å². The second-order valence-electron chi connectivity index (χ2n) is 6.92. The van der Waals surface area contributed by atoms with Crippen LogP contribution in [-0.2, 0) is 6.42 Å². The number of benzene rings is 2. The van der Waals surface area contributed by atoms with Gasteiger partial charge in [-0.05, 0) is 65.5 Å². The molecule has 0 spiro atoms. The Morgan fingerprint density at radius 1 is 1.14 bits per heavy atom. The first-order valence-electron chi connectivity index (χ1n) is 8.02. The van der Waals surface area contributed by atoms with E-state index in [9.17, 15) is 0 Å². The molecule has 0 bridgehead atoms. The molecule has 0 aliphatic heterocycles. The molecule has 22 heavy (non-hydrogen) atoms. The van der Waals surface area contributed by atoms with Crippen molar-refractivity contribution in [1.29, 1.82) is 0 Å². The van der Waals surface area contributed by atoms with E-state index in [1.807, 2.05) is 12.1 Å². The molecule has 0 unspecified atom stereocenters. The van der Waals surface area contributed by atoms with Gasteiger partial charge in [-0.15, -0.1) is 0 Å². The molecule has 116 valence electrons. The van der Waals surface area contributed by atoms with Crippen LogP contribution in [0.5, 0.6) is 0 Å². The highest BCUT2D eigenvalue weighted by Crippen LogP contribution is 2.52. The van der Waals surface area contributed by atoms with Gasteiger partial charge in [0.25, 0.3) is 0 Å². The lowest BCUT2D eigenvalue weighted by molar-refractivity contribution is 0.120. The number of halogens is 2. The average Bonchev–Trinajstić information content (AvgIpc) is 2.49. The van der Waals surface area contributed by atoms with E-state index in [0.29, 0.717) is 5.41 Å². The summed E-state index contributed by atoms with van der Waals surface area (Å²) in [6, 6.07) is 15.2. The molecule has 1 aliphatic rings. The SMILES string of the molecule is CCC1(C)CC(c2ccc(Cc3cc(Br)ccc3Cl)cc2)C1. The molecule has 0 amide bonds. The molecular weight excluding hydrogens is 356 g/mol. The Morgan fingerprint density at radius 2 is 1.82 bits per heavy atom. The molecule has 2 aromatic carbocycles. The van der Waals surface area contributed by atoms with Crippen molar-refractivity contribution in [2.75, 3.05) is 0 Å². The maximum absolute atomic E-state index is 6.29. The van der Waals surface area contributed by atoms with Gasteiger partial charge in [0.15, 0.2) is 0 Å². The van der Waals surface area contributed by atoms with Crippen molar-refractivity contribution in [3.8, 4) is 0 Å². The van der Waals surface area contributed by atoms with E-state index in [1.165, 1.54) is 36.0 Å². The summed E-state index contributed by atoms with van der Waals surface area (Å²) in [5.41, 5.74) is 4.56. The van der Waals surface area contributed by atoms with Crippen LogP contribution in [0.25, 0.3) is 0 Å². The van der Waals surface area contributed by atoms with E-state index in [4.69, 9.17) is 11.6 Å². The van der Waals surface area contributed by atoms with E-state index >= 15 is 0 Å². The topological polar surface area (TPSA) is 0 Å². The lowest BCUT2D eigenvalue weighted by Crippen LogP contribution is -2.32. The first kappa shape index (κ1) is 16.1. The third kappa shape index (κ3) is 3.41. The summed E-state index contributed by atoms with van der Waals surface area (Å²) in [6.45, 7) is 4.72. The zero-order chi connectivity index (χ0) is 15.7. The molecule has 0 atom stereocenters. The van der Waals surface area contributed by atoms with Gasteiger partial charge in [-0.1, -0.05) is 72.1 Å². The van der Waals surface area contributed by atoms with Crippen molar-refractivity contribution in [3.63, 3.8) is 0 Å². The Morgan fingerprint density at radius 3 is 2.45 bits per heavy atom. The summed E-state index contributed by atoms with van der Waals surface area (Å²) in [5, 5.41) is 0.838. The van der Waals surface area contributed by atoms with Gasteiger partial charge in [0.1, 0.15) is 0 Å². The molecule has 0 aromatic heterocycles. The molecule has 1 fully saturated rings. The number of hydrogen-bond donors (Lipinski definition) is 0. The van der Waals surface area contributed by atoms with Crippen LogP contribution in [0.3, 0.4) is 0 Å². The summed E-state index contributed by atoms with van der Waals surface area (Å²) in [7, 11) is 0. The fourth-order valence-corrected chi connectivity index (χ4v) is 4.05. The van der Waals surface area contributed by atoms with Crippen LogP contribution in [0.15, 0.2) is 46.9 Å². The molecule has 3 rings (SSSR count). The Balaban J connectivity index is 1.69. The van der Waals surface area contributed by atoms with E-state index in [-0.39, 0.29) is 0 Å². The molecule has 2 aromatic rings. The number of rotatable bonds is 4. The van der Waals surface area contributed by atoms with Crippen molar-refractivity contribution >= 4 is 27.5 Å². The molecular formula is C20H22BrCl. The predicted octanol–water partition coefficient (Wildman–Crippen LogP) is 6.99. The molecule has 0 nitrogen and oxygen atoms in total. The van der Waals surface area contributed by atoms with E-state index in [2.05, 4.69) is 60.1 Å². The molecule has 0 saturated heterocycles. The van der Waals surface area contributed by atoms with E-state index in [1.54, 1.807) is 0 Å². The first-order valence-corrected chi connectivity index (χ1v) is 9.19. The highest BCUT2D eigenvalue weighted by Gasteiger charge is 2.39. The Hall–Kier alpha value is -0.790. The van der Waals surface area contributed by atoms with E-state index < -0.39 is 0 Å². The van der Waals surface area contributed by atoms with Crippen molar-refractivity contribution < 1.29 is 0 Å². The third-order valence-electron chi connectivity index (χ3n) is 5.19. The van der Waals surface area contributed by atoms with Gasteiger partial charge in [-0.3, -0.25) is 0 Å². The van der Waals surface area contributed by atoms with Crippen molar-refractivity contribution in [1.82, 2.24) is 0 Å². The number of hydrogen-bond acceptors (Lipinski definition) is 0. The van der Waals surface area contributed by atoms with Crippen LogP contribution in [0.2, 0.25) is 5.02 Å². The first-order chi connectivity index (χ1) is 10.5. The summed E-state index contributed by atoms with van der Waals surface area (Å²) >= 11 is 9.80. The second-order valence-corrected chi connectivity index (χ2v) is 8.25. The summed E-state index contributed by atoms with van der Waals surface area (Å²) in [4.78, 5) is 0. The molecule has 2 heteroatoms. The zero-order valence-electron chi connectivity index (χ0n) is 13.2. The normalized spacial score (nSPS) is 24.1. The fourth-order valence-electron chi connectivity index (χ4n) is 3.46. The predicted molar refractivity (Wildman–Crippen MR) is 98.8 cm³/mol. The maximum Gasteiger partial charge on any atom is 0.0442 e. The maximum atomic E-state index is 6.29. The highest BCUT2D eigenvalue weighted by atomic mass is 79.9. The Bertz CT molecular complexity index is 654. The standard InChI is InChI=1S/C20H22BrCl/c1-3-20(2)12-17(13-20)15-6-4-14(5-7-15)10-16-11-18(21)8-9-19(16)22/h4-9,11,17H,3,10,12-13H2,1-2H3. The Labute approximate surface area is 147 Å². The van der Waals surface area contributed by atoms with Crippen molar-refractivity contribution in [3.05, 3.63) is 68.7 Å². The lowest BCUT2D eigenvalue weighted by Gasteiger charge is -2.45. The summed E-state index contributed by atoms with van der Waals surface area (Å²) < 4.78 is 1.08.